The zero-order valence-corrected chi connectivity index (χ0v) is 11.1. The molecule has 0 aliphatic heterocycles. The molecule has 0 unspecified atom stereocenters. The Hall–Kier alpha value is -1.46. The lowest BCUT2D eigenvalue weighted by molar-refractivity contribution is 0.322. The number of aliphatic hydroxyl groups excluding tert-OH is 1. The minimum absolute atomic E-state index is 0.167. The summed E-state index contributed by atoms with van der Waals surface area (Å²) in [6.45, 7) is 0.942. The minimum atomic E-state index is 0.167. The lowest BCUT2D eigenvalue weighted by atomic mass is 10.2. The van der Waals surface area contributed by atoms with Crippen molar-refractivity contribution in [3.63, 3.8) is 0 Å². The summed E-state index contributed by atoms with van der Waals surface area (Å²) < 4.78 is 7.20. The van der Waals surface area contributed by atoms with Crippen molar-refractivity contribution in [1.82, 2.24) is 9.55 Å². The molecule has 1 heterocycles. The average molecular weight is 264 g/mol. The molecule has 0 radical (unpaired) electrons. The van der Waals surface area contributed by atoms with Gasteiger partial charge in [0.2, 0.25) is 0 Å². The summed E-state index contributed by atoms with van der Waals surface area (Å²) in [4.78, 5) is 4.27. The SMILES string of the molecule is COc1ccc(Cn2ccnc2SCCO)cc1. The molecule has 96 valence electrons. The van der Waals surface area contributed by atoms with Crippen LogP contribution in [0.15, 0.2) is 41.8 Å². The Kier molecular flexibility index (Phi) is 4.66. The molecule has 1 aromatic carbocycles. The van der Waals surface area contributed by atoms with Gasteiger partial charge in [0.25, 0.3) is 0 Å². The molecular formula is C13H16N2O2S. The molecule has 0 bridgehead atoms. The minimum Gasteiger partial charge on any atom is -0.497 e. The summed E-state index contributed by atoms with van der Waals surface area (Å²) >= 11 is 1.56. The van der Waals surface area contributed by atoms with Gasteiger partial charge in [-0.25, -0.2) is 4.98 Å². The molecule has 18 heavy (non-hydrogen) atoms. The zero-order chi connectivity index (χ0) is 12.8. The third-order valence-corrected chi connectivity index (χ3v) is 3.50. The molecule has 0 saturated heterocycles. The third-order valence-electron chi connectivity index (χ3n) is 2.51. The van der Waals surface area contributed by atoms with Crippen molar-refractivity contribution in [2.75, 3.05) is 19.5 Å². The lowest BCUT2D eigenvalue weighted by Crippen LogP contribution is -2.01. The topological polar surface area (TPSA) is 47.3 Å². The molecule has 2 rings (SSSR count). The van der Waals surface area contributed by atoms with Crippen LogP contribution in [0, 0.1) is 0 Å². The first-order chi connectivity index (χ1) is 8.83. The molecule has 0 amide bonds. The highest BCUT2D eigenvalue weighted by Crippen LogP contribution is 2.18. The first kappa shape index (κ1) is 13.0. The van der Waals surface area contributed by atoms with E-state index in [4.69, 9.17) is 9.84 Å². The van der Waals surface area contributed by atoms with Gasteiger partial charge in [-0.2, -0.15) is 0 Å². The van der Waals surface area contributed by atoms with Crippen molar-refractivity contribution in [2.24, 2.45) is 0 Å². The van der Waals surface area contributed by atoms with Gasteiger partial charge in [-0.05, 0) is 17.7 Å². The standard InChI is InChI=1S/C13H16N2O2S/c1-17-12-4-2-11(3-5-12)10-15-7-6-14-13(15)18-9-8-16/h2-7,16H,8-10H2,1H3. The number of hydrogen-bond acceptors (Lipinski definition) is 4. The Bertz CT molecular complexity index is 482. The van der Waals surface area contributed by atoms with Crippen LogP contribution in [0.4, 0.5) is 0 Å². The van der Waals surface area contributed by atoms with Crippen LogP contribution < -0.4 is 4.74 Å². The van der Waals surface area contributed by atoms with E-state index in [0.29, 0.717) is 5.75 Å². The normalized spacial score (nSPS) is 10.6. The largest absolute Gasteiger partial charge is 0.497 e. The molecule has 0 aliphatic carbocycles. The lowest BCUT2D eigenvalue weighted by Gasteiger charge is -2.07. The maximum absolute atomic E-state index is 8.83. The fourth-order valence-corrected chi connectivity index (χ4v) is 2.32. The molecule has 1 aromatic heterocycles. The van der Waals surface area contributed by atoms with Crippen LogP contribution in [-0.2, 0) is 6.54 Å². The fraction of sp³-hybridized carbons (Fsp3) is 0.308. The highest BCUT2D eigenvalue weighted by molar-refractivity contribution is 7.99. The highest BCUT2D eigenvalue weighted by Gasteiger charge is 2.04. The first-order valence-electron chi connectivity index (χ1n) is 5.71. The summed E-state index contributed by atoms with van der Waals surface area (Å²) in [7, 11) is 1.66. The number of rotatable bonds is 6. The Morgan fingerprint density at radius 3 is 2.78 bits per heavy atom. The Morgan fingerprint density at radius 2 is 2.11 bits per heavy atom. The van der Waals surface area contributed by atoms with E-state index in [1.165, 1.54) is 5.56 Å². The predicted molar refractivity (Wildman–Crippen MR) is 72.1 cm³/mol. The molecule has 4 nitrogen and oxygen atoms in total. The van der Waals surface area contributed by atoms with Crippen molar-refractivity contribution < 1.29 is 9.84 Å². The van der Waals surface area contributed by atoms with E-state index >= 15 is 0 Å². The monoisotopic (exact) mass is 264 g/mol. The van der Waals surface area contributed by atoms with E-state index < -0.39 is 0 Å². The van der Waals surface area contributed by atoms with Gasteiger partial charge in [-0.3, -0.25) is 0 Å². The smallest absolute Gasteiger partial charge is 0.168 e. The molecule has 2 aromatic rings. The van der Waals surface area contributed by atoms with E-state index in [2.05, 4.69) is 9.55 Å². The van der Waals surface area contributed by atoms with E-state index in [-0.39, 0.29) is 6.61 Å². The van der Waals surface area contributed by atoms with E-state index in [9.17, 15) is 0 Å². The summed E-state index contributed by atoms with van der Waals surface area (Å²) in [5.74, 6) is 1.53. The molecule has 0 atom stereocenters. The van der Waals surface area contributed by atoms with Gasteiger partial charge in [0.15, 0.2) is 5.16 Å². The highest BCUT2D eigenvalue weighted by atomic mass is 32.2. The molecule has 5 heteroatoms. The van der Waals surface area contributed by atoms with Gasteiger partial charge >= 0.3 is 0 Å². The predicted octanol–water partition coefficient (Wildman–Crippen LogP) is 2.02. The quantitative estimate of drug-likeness (QED) is 0.811. The summed E-state index contributed by atoms with van der Waals surface area (Å²) in [6, 6.07) is 7.98. The van der Waals surface area contributed by atoms with Crippen LogP contribution in [-0.4, -0.2) is 34.1 Å². The molecule has 1 N–H and O–H groups in total. The van der Waals surface area contributed by atoms with Gasteiger partial charge in [0.05, 0.1) is 13.7 Å². The number of imidazole rings is 1. The molecule has 0 aliphatic rings. The van der Waals surface area contributed by atoms with E-state index in [1.54, 1.807) is 25.1 Å². The van der Waals surface area contributed by atoms with Crippen molar-refractivity contribution in [1.29, 1.82) is 0 Å². The second kappa shape index (κ2) is 6.47. The van der Waals surface area contributed by atoms with Crippen molar-refractivity contribution in [3.05, 3.63) is 42.2 Å². The Labute approximate surface area is 111 Å². The average Bonchev–Trinajstić information content (AvgIpc) is 2.84. The summed E-state index contributed by atoms with van der Waals surface area (Å²) in [5.41, 5.74) is 1.19. The van der Waals surface area contributed by atoms with Crippen molar-refractivity contribution in [2.45, 2.75) is 11.7 Å². The van der Waals surface area contributed by atoms with E-state index in [1.807, 2.05) is 30.5 Å². The van der Waals surface area contributed by atoms with Gasteiger partial charge in [-0.1, -0.05) is 23.9 Å². The first-order valence-corrected chi connectivity index (χ1v) is 6.70. The number of methoxy groups -OCH3 is 1. The maximum Gasteiger partial charge on any atom is 0.168 e. The Balaban J connectivity index is 2.05. The number of nitrogens with zero attached hydrogens (tertiary/aromatic N) is 2. The third kappa shape index (κ3) is 3.27. The number of benzene rings is 1. The summed E-state index contributed by atoms with van der Waals surface area (Å²) in [5, 5.41) is 9.76. The Morgan fingerprint density at radius 1 is 1.33 bits per heavy atom. The van der Waals surface area contributed by atoms with Gasteiger partial charge in [-0.15, -0.1) is 0 Å². The van der Waals surface area contributed by atoms with Crippen molar-refractivity contribution in [3.8, 4) is 5.75 Å². The fourth-order valence-electron chi connectivity index (χ4n) is 1.62. The van der Waals surface area contributed by atoms with Crippen LogP contribution in [0.3, 0.4) is 0 Å². The molecule has 0 fully saturated rings. The summed E-state index contributed by atoms with van der Waals surface area (Å²) in [6.07, 6.45) is 3.73. The van der Waals surface area contributed by atoms with Gasteiger partial charge in [0, 0.05) is 24.7 Å². The van der Waals surface area contributed by atoms with Crippen LogP contribution in [0.25, 0.3) is 0 Å². The zero-order valence-electron chi connectivity index (χ0n) is 10.2. The van der Waals surface area contributed by atoms with E-state index in [0.717, 1.165) is 17.5 Å². The number of hydrogen-bond donors (Lipinski definition) is 1. The number of aromatic nitrogens is 2. The number of aliphatic hydroxyl groups is 1. The number of ether oxygens (including phenoxy) is 1. The second-order valence-corrected chi connectivity index (χ2v) is 4.82. The molecule has 0 saturated carbocycles. The van der Waals surface area contributed by atoms with Crippen molar-refractivity contribution >= 4 is 11.8 Å². The van der Waals surface area contributed by atoms with Crippen LogP contribution in [0.2, 0.25) is 0 Å². The maximum atomic E-state index is 8.83. The number of thioether (sulfide) groups is 1. The van der Waals surface area contributed by atoms with Gasteiger partial charge < -0.3 is 14.4 Å². The van der Waals surface area contributed by atoms with Crippen LogP contribution in [0.1, 0.15) is 5.56 Å². The second-order valence-electron chi connectivity index (χ2n) is 3.76. The van der Waals surface area contributed by atoms with Crippen LogP contribution in [0.5, 0.6) is 5.75 Å². The molecular weight excluding hydrogens is 248 g/mol. The van der Waals surface area contributed by atoms with Crippen LogP contribution >= 0.6 is 11.8 Å². The van der Waals surface area contributed by atoms with Gasteiger partial charge in [0.1, 0.15) is 5.75 Å². The molecule has 0 spiro atoms.